The highest BCUT2D eigenvalue weighted by Gasteiger charge is 2.09. The summed E-state index contributed by atoms with van der Waals surface area (Å²) in [7, 11) is 5.50. The Labute approximate surface area is 108 Å². The van der Waals surface area contributed by atoms with Crippen molar-refractivity contribution >= 4 is 11.6 Å². The standard InChI is InChI=1S/C14H20N2O2/c1-11(17)16(4)13-7-5-6-12(10-13)14(18)8-9-15(2)3/h5-10,14,18H,1-4H3/b9-8+. The summed E-state index contributed by atoms with van der Waals surface area (Å²) in [5, 5.41) is 10.00. The van der Waals surface area contributed by atoms with E-state index in [1.165, 1.54) is 6.92 Å². The maximum atomic E-state index is 11.3. The van der Waals surface area contributed by atoms with Crippen molar-refractivity contribution in [3.8, 4) is 0 Å². The molecule has 0 aliphatic carbocycles. The molecule has 1 N–H and O–H groups in total. The van der Waals surface area contributed by atoms with Crippen LogP contribution < -0.4 is 4.90 Å². The van der Waals surface area contributed by atoms with Crippen LogP contribution in [-0.4, -0.2) is 37.1 Å². The molecule has 1 aromatic rings. The lowest BCUT2D eigenvalue weighted by Crippen LogP contribution is -2.22. The first-order valence-corrected chi connectivity index (χ1v) is 5.79. The summed E-state index contributed by atoms with van der Waals surface area (Å²) < 4.78 is 0. The van der Waals surface area contributed by atoms with Crippen LogP contribution in [0.3, 0.4) is 0 Å². The summed E-state index contributed by atoms with van der Waals surface area (Å²) in [6, 6.07) is 7.32. The minimum atomic E-state index is -0.673. The van der Waals surface area contributed by atoms with Gasteiger partial charge in [0.15, 0.2) is 0 Å². The van der Waals surface area contributed by atoms with E-state index in [2.05, 4.69) is 0 Å². The van der Waals surface area contributed by atoms with Crippen molar-refractivity contribution in [2.45, 2.75) is 13.0 Å². The molecule has 98 valence electrons. The fourth-order valence-corrected chi connectivity index (χ4v) is 1.46. The lowest BCUT2D eigenvalue weighted by molar-refractivity contribution is -0.116. The minimum Gasteiger partial charge on any atom is -0.384 e. The highest BCUT2D eigenvalue weighted by Crippen LogP contribution is 2.21. The van der Waals surface area contributed by atoms with Crippen LogP contribution in [0.4, 0.5) is 5.69 Å². The molecule has 0 aliphatic rings. The molecule has 0 spiro atoms. The molecule has 0 aromatic heterocycles. The average Bonchev–Trinajstić information content (AvgIpc) is 2.34. The molecule has 1 unspecified atom stereocenters. The van der Waals surface area contributed by atoms with Crippen LogP contribution >= 0.6 is 0 Å². The first kappa shape index (κ1) is 14.3. The quantitative estimate of drug-likeness (QED) is 0.883. The number of carbonyl (C=O) groups is 1. The van der Waals surface area contributed by atoms with Crippen LogP contribution in [0.2, 0.25) is 0 Å². The Morgan fingerprint density at radius 3 is 2.56 bits per heavy atom. The smallest absolute Gasteiger partial charge is 0.223 e. The molecule has 0 radical (unpaired) electrons. The zero-order valence-electron chi connectivity index (χ0n) is 11.3. The second-order valence-corrected chi connectivity index (χ2v) is 4.42. The van der Waals surface area contributed by atoms with E-state index in [1.807, 2.05) is 43.3 Å². The SMILES string of the molecule is CC(=O)N(C)c1cccc(C(O)/C=C/N(C)C)c1. The second kappa shape index (κ2) is 6.21. The number of hydrogen-bond acceptors (Lipinski definition) is 3. The van der Waals surface area contributed by atoms with Gasteiger partial charge in [0.05, 0.1) is 6.10 Å². The van der Waals surface area contributed by atoms with Gasteiger partial charge in [-0.15, -0.1) is 0 Å². The van der Waals surface area contributed by atoms with Gasteiger partial charge in [0, 0.05) is 33.8 Å². The van der Waals surface area contributed by atoms with Gasteiger partial charge in [-0.05, 0) is 30.0 Å². The summed E-state index contributed by atoms with van der Waals surface area (Å²) in [6.45, 7) is 1.51. The summed E-state index contributed by atoms with van der Waals surface area (Å²) in [5.74, 6) is -0.0366. The zero-order valence-corrected chi connectivity index (χ0v) is 11.3. The zero-order chi connectivity index (χ0) is 13.7. The Bertz CT molecular complexity index is 441. The van der Waals surface area contributed by atoms with Gasteiger partial charge in [-0.3, -0.25) is 4.79 Å². The maximum absolute atomic E-state index is 11.3. The van der Waals surface area contributed by atoms with Gasteiger partial charge in [-0.2, -0.15) is 0 Å². The third kappa shape index (κ3) is 3.89. The number of anilines is 1. The predicted octanol–water partition coefficient (Wildman–Crippen LogP) is 1.78. The number of amides is 1. The van der Waals surface area contributed by atoms with Gasteiger partial charge in [-0.1, -0.05) is 12.1 Å². The normalized spacial score (nSPS) is 12.5. The average molecular weight is 248 g/mol. The molecule has 0 aliphatic heterocycles. The van der Waals surface area contributed by atoms with Crippen LogP contribution in [0.5, 0.6) is 0 Å². The Morgan fingerprint density at radius 2 is 2.00 bits per heavy atom. The van der Waals surface area contributed by atoms with Gasteiger partial charge in [-0.25, -0.2) is 0 Å². The van der Waals surface area contributed by atoms with Crippen molar-refractivity contribution in [1.82, 2.24) is 4.90 Å². The lowest BCUT2D eigenvalue weighted by atomic mass is 10.1. The van der Waals surface area contributed by atoms with Crippen molar-refractivity contribution in [2.75, 3.05) is 26.0 Å². The Kier molecular flexibility index (Phi) is 4.92. The highest BCUT2D eigenvalue weighted by molar-refractivity contribution is 5.90. The number of rotatable bonds is 4. The summed E-state index contributed by atoms with van der Waals surface area (Å²) in [4.78, 5) is 14.7. The van der Waals surface area contributed by atoms with Crippen molar-refractivity contribution < 1.29 is 9.90 Å². The van der Waals surface area contributed by atoms with E-state index in [4.69, 9.17) is 0 Å². The Hall–Kier alpha value is -1.81. The van der Waals surface area contributed by atoms with E-state index in [0.29, 0.717) is 0 Å². The van der Waals surface area contributed by atoms with E-state index in [-0.39, 0.29) is 5.91 Å². The molecule has 1 amide bonds. The first-order chi connectivity index (χ1) is 8.41. The second-order valence-electron chi connectivity index (χ2n) is 4.42. The van der Waals surface area contributed by atoms with Crippen LogP contribution in [0, 0.1) is 0 Å². The molecule has 1 atom stereocenters. The molecule has 4 heteroatoms. The molecular weight excluding hydrogens is 228 g/mol. The summed E-state index contributed by atoms with van der Waals surface area (Å²) in [5.41, 5.74) is 1.54. The van der Waals surface area contributed by atoms with Crippen LogP contribution in [0.1, 0.15) is 18.6 Å². The topological polar surface area (TPSA) is 43.8 Å². The minimum absolute atomic E-state index is 0.0366. The summed E-state index contributed by atoms with van der Waals surface area (Å²) in [6.07, 6.45) is 2.83. The fourth-order valence-electron chi connectivity index (χ4n) is 1.46. The van der Waals surface area contributed by atoms with Crippen molar-refractivity contribution in [2.24, 2.45) is 0 Å². The number of hydrogen-bond donors (Lipinski definition) is 1. The number of benzene rings is 1. The van der Waals surface area contributed by atoms with Gasteiger partial charge >= 0.3 is 0 Å². The fraction of sp³-hybridized carbons (Fsp3) is 0.357. The van der Waals surface area contributed by atoms with Gasteiger partial charge in [0.2, 0.25) is 5.91 Å². The molecular formula is C14H20N2O2. The molecule has 18 heavy (non-hydrogen) atoms. The van der Waals surface area contributed by atoms with Crippen LogP contribution in [0.25, 0.3) is 0 Å². The highest BCUT2D eigenvalue weighted by atomic mass is 16.3. The van der Waals surface area contributed by atoms with Gasteiger partial charge in [0.1, 0.15) is 0 Å². The molecule has 0 fully saturated rings. The third-order valence-corrected chi connectivity index (χ3v) is 2.64. The van der Waals surface area contributed by atoms with E-state index < -0.39 is 6.10 Å². The Morgan fingerprint density at radius 1 is 1.33 bits per heavy atom. The number of aliphatic hydroxyl groups is 1. The van der Waals surface area contributed by atoms with Gasteiger partial charge in [0.25, 0.3) is 0 Å². The molecule has 0 heterocycles. The molecule has 0 saturated carbocycles. The molecule has 1 rings (SSSR count). The third-order valence-electron chi connectivity index (χ3n) is 2.64. The monoisotopic (exact) mass is 248 g/mol. The number of carbonyl (C=O) groups excluding carboxylic acids is 1. The van der Waals surface area contributed by atoms with Crippen molar-refractivity contribution in [1.29, 1.82) is 0 Å². The van der Waals surface area contributed by atoms with Crippen LogP contribution in [0.15, 0.2) is 36.5 Å². The Balaban J connectivity index is 2.91. The van der Waals surface area contributed by atoms with Crippen molar-refractivity contribution in [3.05, 3.63) is 42.1 Å². The van der Waals surface area contributed by atoms with E-state index >= 15 is 0 Å². The maximum Gasteiger partial charge on any atom is 0.223 e. The van der Waals surface area contributed by atoms with E-state index in [9.17, 15) is 9.90 Å². The predicted molar refractivity (Wildman–Crippen MR) is 73.3 cm³/mol. The van der Waals surface area contributed by atoms with E-state index in [1.54, 1.807) is 24.2 Å². The molecule has 0 saturated heterocycles. The molecule has 0 bridgehead atoms. The number of aliphatic hydroxyl groups excluding tert-OH is 1. The number of nitrogens with zero attached hydrogens (tertiary/aromatic N) is 2. The molecule has 1 aromatic carbocycles. The van der Waals surface area contributed by atoms with Gasteiger partial charge < -0.3 is 14.9 Å². The lowest BCUT2D eigenvalue weighted by Gasteiger charge is -2.17. The molecule has 4 nitrogen and oxygen atoms in total. The summed E-state index contributed by atoms with van der Waals surface area (Å²) >= 11 is 0. The first-order valence-electron chi connectivity index (χ1n) is 5.79. The van der Waals surface area contributed by atoms with Crippen molar-refractivity contribution in [3.63, 3.8) is 0 Å². The largest absolute Gasteiger partial charge is 0.384 e. The van der Waals surface area contributed by atoms with E-state index in [0.717, 1.165) is 11.3 Å². The van der Waals surface area contributed by atoms with Crippen LogP contribution in [-0.2, 0) is 4.79 Å².